The molecule has 129 heavy (non-hydrogen) atoms. The van der Waals surface area contributed by atoms with Gasteiger partial charge in [-0.3, -0.25) is 0 Å². The van der Waals surface area contributed by atoms with Gasteiger partial charge in [0.15, 0.2) is 0 Å². The molecule has 0 heterocycles. The summed E-state index contributed by atoms with van der Waals surface area (Å²) < 4.78 is 73.0. The second-order valence-corrected chi connectivity index (χ2v) is 31.2. The average molecular weight is 1770 g/mol. The zero-order valence-corrected chi connectivity index (χ0v) is 75.1. The molecule has 4 atom stereocenters. The third kappa shape index (κ3) is 36.5. The van der Waals surface area contributed by atoms with E-state index in [-0.39, 0.29) is 107 Å². The summed E-state index contributed by atoms with van der Waals surface area (Å²) in [5.74, 6) is 0.535. The van der Waals surface area contributed by atoms with Crippen LogP contribution in [0.25, 0.3) is 0 Å². The summed E-state index contributed by atoms with van der Waals surface area (Å²) in [5, 5.41) is 39.5. The Morgan fingerprint density at radius 3 is 0.605 bits per heavy atom. The highest BCUT2D eigenvalue weighted by atomic mass is 16.6. The second kappa shape index (κ2) is 52.9. The summed E-state index contributed by atoms with van der Waals surface area (Å²) in [6, 6.07) is 60.6. The Kier molecular flexibility index (Phi) is 43.3. The van der Waals surface area contributed by atoms with E-state index in [1.165, 1.54) is 6.92 Å². The summed E-state index contributed by atoms with van der Waals surface area (Å²) in [6.45, 7) is 49.0. The monoisotopic (exact) mass is 1770 g/mol. The van der Waals surface area contributed by atoms with Gasteiger partial charge in [0.2, 0.25) is 0 Å². The van der Waals surface area contributed by atoms with Crippen molar-refractivity contribution >= 4 is 47.8 Å². The molecule has 0 saturated carbocycles. The predicted octanol–water partition coefficient (Wildman–Crippen LogP) is 15.5. The van der Waals surface area contributed by atoms with E-state index < -0.39 is 72.2 Å². The standard InChI is InChI=1S/C28H34O8.C27H32O8.C25H28O6.C23H24O4/c1-6-26(31)35-17-22(29)15-33-24-11-7-20(8-12-24)28(4,5)21-9-13-25(14-10-21)34-16-23(30)18-36-27(32)19(2)3;1-5-25(30)34-17-21(28)15-32-23-11-7-19(8-12-23)27(3,4)20-9-13-24(14-10-20)33-16-22(29)18-35-26(31)6-2;1-5-23(26)30-17-15-28-21-11-7-19(8-12-21)25(3,4)20-9-13-22(14-10-20)29-16-18-31-24(27)6-2;1-15(2)21(24)26-19-11-7-17(8-12-19)23(5,6)18-9-13-20(14-10-18)27-22(25)16(3)4/h6-14,22-23,29-30H,1-2,15-18H2,3-5H3;5-14,21-22,28-29H,1-2,15-18H2,3-4H3;5-14H,1-2,15-18H2,3-4H3;7-14H,1,3H2,2,4-6H3. The van der Waals surface area contributed by atoms with Gasteiger partial charge in [0.25, 0.3) is 0 Å². The minimum atomic E-state index is -0.951. The van der Waals surface area contributed by atoms with Crippen LogP contribution < -0.4 is 37.9 Å². The molecule has 0 radical (unpaired) electrons. The molecule has 686 valence electrons. The summed E-state index contributed by atoms with van der Waals surface area (Å²) >= 11 is 0. The Balaban J connectivity index is 0.000000306. The van der Waals surface area contributed by atoms with Crippen molar-refractivity contribution in [1.82, 2.24) is 0 Å². The van der Waals surface area contributed by atoms with Gasteiger partial charge in [-0.25, -0.2) is 38.4 Å². The van der Waals surface area contributed by atoms with Crippen molar-refractivity contribution in [3.63, 3.8) is 0 Å². The van der Waals surface area contributed by atoms with Gasteiger partial charge >= 0.3 is 47.8 Å². The third-order valence-corrected chi connectivity index (χ3v) is 19.5. The van der Waals surface area contributed by atoms with Crippen molar-refractivity contribution in [3.05, 3.63) is 338 Å². The first-order valence-corrected chi connectivity index (χ1v) is 41.0. The van der Waals surface area contributed by atoms with E-state index in [2.05, 4.69) is 108 Å². The Morgan fingerprint density at radius 2 is 0.419 bits per heavy atom. The van der Waals surface area contributed by atoms with Crippen LogP contribution in [0.1, 0.15) is 121 Å². The van der Waals surface area contributed by atoms with Gasteiger partial charge in [0.05, 0.1) is 0 Å². The molecule has 0 fully saturated rings. The molecule has 4 N–H and O–H groups in total. The molecule has 8 aromatic rings. The number of benzene rings is 8. The molecule has 0 aliphatic heterocycles. The van der Waals surface area contributed by atoms with E-state index in [1.54, 1.807) is 38.1 Å². The molecule has 0 aliphatic rings. The molecule has 4 unspecified atom stereocenters. The highest BCUT2D eigenvalue weighted by molar-refractivity contribution is 5.89. The summed E-state index contributed by atoms with van der Waals surface area (Å²) in [5.41, 5.74) is 8.43. The number of aliphatic hydroxyl groups excluding tert-OH is 4. The molecule has 26 nitrogen and oxygen atoms in total. The van der Waals surface area contributed by atoms with Gasteiger partial charge in [-0.1, -0.05) is 205 Å². The van der Waals surface area contributed by atoms with Gasteiger partial charge in [0, 0.05) is 68.8 Å². The van der Waals surface area contributed by atoms with Crippen LogP contribution in [0.4, 0.5) is 0 Å². The molecular formula is C103H118O26. The zero-order chi connectivity index (χ0) is 95.4. The second-order valence-electron chi connectivity index (χ2n) is 31.2. The minimum absolute atomic E-state index is 0.0139. The summed E-state index contributed by atoms with van der Waals surface area (Å²) in [7, 11) is 0. The first-order valence-electron chi connectivity index (χ1n) is 41.0. The van der Waals surface area contributed by atoms with Crippen molar-refractivity contribution < 1.29 is 125 Å². The number of hydrogen-bond donors (Lipinski definition) is 4. The SMILES string of the molecule is C=C(C)C(=O)Oc1ccc(C(C)(C)c2ccc(OC(=O)C(=C)C)cc2)cc1.C=CC(=O)OCC(O)COc1ccc(C(C)(C)c2ccc(OCC(O)COC(=O)C(=C)C)cc2)cc1.C=CC(=O)OCC(O)COc1ccc(C(C)(C)c2ccc(OCC(O)COC(=O)C=C)cc2)cc1.C=CC(=O)OCCOc1ccc(C(C)(C)c2ccc(OCCOC(=O)C=C)cc2)cc1. The number of carbonyl (C=O) groups is 8. The van der Waals surface area contributed by atoms with E-state index in [0.717, 1.165) is 74.9 Å². The largest absolute Gasteiger partial charge is 0.491 e. The predicted molar refractivity (Wildman–Crippen MR) is 489 cm³/mol. The molecular weight excluding hydrogens is 1650 g/mol. The van der Waals surface area contributed by atoms with Crippen LogP contribution in [-0.2, 0) is 88.4 Å². The van der Waals surface area contributed by atoms with Crippen molar-refractivity contribution in [2.75, 3.05) is 79.3 Å². The molecule has 8 rings (SSSR count). The van der Waals surface area contributed by atoms with E-state index in [4.69, 9.17) is 66.3 Å². The molecule has 26 heteroatoms. The normalized spacial score (nSPS) is 11.8. The first kappa shape index (κ1) is 106. The molecule has 0 aromatic heterocycles. The Bertz CT molecular complexity index is 4800. The number of aliphatic hydroxyl groups is 4. The zero-order valence-electron chi connectivity index (χ0n) is 75.1. The van der Waals surface area contributed by atoms with Crippen molar-refractivity contribution in [2.24, 2.45) is 0 Å². The fourth-order valence-corrected chi connectivity index (χ4v) is 11.4. The van der Waals surface area contributed by atoms with Gasteiger partial charge in [-0.05, 0) is 162 Å². The molecule has 0 aliphatic carbocycles. The lowest BCUT2D eigenvalue weighted by Gasteiger charge is -2.26. The van der Waals surface area contributed by atoms with E-state index in [9.17, 15) is 58.8 Å². The van der Waals surface area contributed by atoms with Gasteiger partial charge < -0.3 is 86.7 Å². The van der Waals surface area contributed by atoms with Crippen LogP contribution in [0.15, 0.2) is 294 Å². The fraction of sp³-hybridized carbons (Fsp3) is 0.301. The van der Waals surface area contributed by atoms with Gasteiger partial charge in [-0.2, -0.15) is 0 Å². The smallest absolute Gasteiger partial charge is 0.338 e. The highest BCUT2D eigenvalue weighted by Gasteiger charge is 2.29. The van der Waals surface area contributed by atoms with E-state index >= 15 is 0 Å². The van der Waals surface area contributed by atoms with Crippen molar-refractivity contribution in [2.45, 2.75) is 122 Å². The topological polar surface area (TPSA) is 347 Å². The Hall–Kier alpha value is -13.9. The number of esters is 8. The number of hydrogen-bond acceptors (Lipinski definition) is 26. The summed E-state index contributed by atoms with van der Waals surface area (Å²) in [6.07, 6.45) is 1.56. The third-order valence-electron chi connectivity index (χ3n) is 19.5. The van der Waals surface area contributed by atoms with E-state index in [1.807, 2.05) is 170 Å². The fourth-order valence-electron chi connectivity index (χ4n) is 11.4. The average Bonchev–Trinajstić information content (AvgIpc) is 0.819. The summed E-state index contributed by atoms with van der Waals surface area (Å²) in [4.78, 5) is 89.8. The van der Waals surface area contributed by atoms with E-state index in [0.29, 0.717) is 57.1 Å². The minimum Gasteiger partial charge on any atom is -0.491 e. The van der Waals surface area contributed by atoms with Crippen LogP contribution in [0.5, 0.6) is 46.0 Å². The number of rotatable bonds is 46. The van der Waals surface area contributed by atoms with Crippen LogP contribution in [0, 0.1) is 0 Å². The molecule has 0 saturated heterocycles. The van der Waals surface area contributed by atoms with Crippen molar-refractivity contribution in [3.8, 4) is 46.0 Å². The quantitative estimate of drug-likeness (QED) is 0.00905. The molecule has 0 bridgehead atoms. The lowest BCUT2D eigenvalue weighted by molar-refractivity contribution is -0.143. The van der Waals surface area contributed by atoms with Crippen LogP contribution in [-0.4, -0.2) is 172 Å². The van der Waals surface area contributed by atoms with Gasteiger partial charge in [-0.15, -0.1) is 0 Å². The maximum Gasteiger partial charge on any atom is 0.338 e. The van der Waals surface area contributed by atoms with Gasteiger partial charge in [0.1, 0.15) is 150 Å². The number of ether oxygens (including phenoxy) is 14. The molecule has 0 spiro atoms. The maximum atomic E-state index is 11.6. The first-order chi connectivity index (χ1) is 61.1. The molecule has 0 amide bonds. The number of carbonyl (C=O) groups excluding carboxylic acids is 8. The maximum absolute atomic E-state index is 11.6. The molecule has 8 aromatic carbocycles. The lowest BCUT2D eigenvalue weighted by Crippen LogP contribution is -2.25. The highest BCUT2D eigenvalue weighted by Crippen LogP contribution is 2.38. The Morgan fingerprint density at radius 1 is 0.248 bits per heavy atom. The van der Waals surface area contributed by atoms with Crippen LogP contribution >= 0.6 is 0 Å². The van der Waals surface area contributed by atoms with Crippen LogP contribution in [0.2, 0.25) is 0 Å². The Labute approximate surface area is 754 Å². The lowest BCUT2D eigenvalue weighted by atomic mass is 9.78. The van der Waals surface area contributed by atoms with Crippen molar-refractivity contribution in [1.29, 1.82) is 0 Å². The van der Waals surface area contributed by atoms with Crippen LogP contribution in [0.3, 0.4) is 0 Å².